The smallest absolute Gasteiger partial charge is 0.365 e. The molecule has 0 unspecified atom stereocenters. The van der Waals surface area contributed by atoms with Crippen molar-refractivity contribution in [2.24, 2.45) is 5.16 Å². The van der Waals surface area contributed by atoms with Gasteiger partial charge in [0.05, 0.1) is 22.3 Å². The quantitative estimate of drug-likeness (QED) is 0.0511. The lowest BCUT2D eigenvalue weighted by atomic mass is 9.99. The Morgan fingerprint density at radius 3 is 1.60 bits per heavy atom. The van der Waals surface area contributed by atoms with E-state index in [1.54, 1.807) is 121 Å². The van der Waals surface area contributed by atoms with E-state index in [0.29, 0.717) is 17.4 Å². The van der Waals surface area contributed by atoms with Gasteiger partial charge in [0.15, 0.2) is 17.6 Å². The van der Waals surface area contributed by atoms with E-state index in [1.807, 2.05) is 18.7 Å². The van der Waals surface area contributed by atoms with E-state index in [1.165, 1.54) is 0 Å². The van der Waals surface area contributed by atoms with Crippen LogP contribution in [0.1, 0.15) is 55.3 Å². The summed E-state index contributed by atoms with van der Waals surface area (Å²) >= 11 is 6.82. The van der Waals surface area contributed by atoms with Crippen LogP contribution in [0.15, 0.2) is 126 Å². The molecular weight excluding hydrogens is 705 g/mol. The van der Waals surface area contributed by atoms with Gasteiger partial charge in [0.2, 0.25) is 0 Å². The Balaban J connectivity index is 1.59. The topological polar surface area (TPSA) is 130 Å². The van der Waals surface area contributed by atoms with Gasteiger partial charge in [0, 0.05) is 13.1 Å². The Morgan fingerprint density at radius 2 is 1.12 bits per heavy atom. The summed E-state index contributed by atoms with van der Waals surface area (Å²) in [6.07, 6.45) is -4.17. The van der Waals surface area contributed by atoms with E-state index in [-0.39, 0.29) is 28.0 Å². The highest BCUT2D eigenvalue weighted by atomic mass is 32.2. The molecule has 0 saturated carbocycles. The fourth-order valence-electron chi connectivity index (χ4n) is 5.09. The summed E-state index contributed by atoms with van der Waals surface area (Å²) in [7, 11) is 0. The fourth-order valence-corrected chi connectivity index (χ4v) is 6.70. The zero-order valence-corrected chi connectivity index (χ0v) is 30.0. The molecule has 0 amide bonds. The van der Waals surface area contributed by atoms with Gasteiger partial charge < -0.3 is 28.7 Å². The number of hydrogen-bond acceptors (Lipinski definition) is 12. The van der Waals surface area contributed by atoms with Gasteiger partial charge in [0.25, 0.3) is 0 Å². The number of thioether (sulfide) groups is 1. The number of hydrogen-bond donors (Lipinski definition) is 0. The monoisotopic (exact) mass is 740 g/mol. The van der Waals surface area contributed by atoms with Crippen LogP contribution < -0.4 is 0 Å². The molecule has 4 atom stereocenters. The summed E-state index contributed by atoms with van der Waals surface area (Å²) in [5.41, 5.74) is -0.377. The predicted octanol–water partition coefficient (Wildman–Crippen LogP) is 6.59. The van der Waals surface area contributed by atoms with Crippen molar-refractivity contribution in [2.45, 2.75) is 37.6 Å². The molecule has 0 bridgehead atoms. The van der Waals surface area contributed by atoms with Crippen LogP contribution in [0, 0.1) is 0 Å². The molecule has 0 spiro atoms. The Bertz CT molecular complexity index is 1860. The lowest BCUT2D eigenvalue weighted by Crippen LogP contribution is -2.59. The van der Waals surface area contributed by atoms with Crippen LogP contribution in [0.3, 0.4) is 0 Å². The van der Waals surface area contributed by atoms with Crippen molar-refractivity contribution in [1.82, 2.24) is 4.90 Å². The third-order valence-corrected chi connectivity index (χ3v) is 9.43. The minimum atomic E-state index is -1.50. The second kappa shape index (κ2) is 18.7. The highest BCUT2D eigenvalue weighted by Gasteiger charge is 2.50. The van der Waals surface area contributed by atoms with E-state index in [9.17, 15) is 19.2 Å². The van der Waals surface area contributed by atoms with Crippen LogP contribution in [0.4, 0.5) is 0 Å². The first kappa shape index (κ1) is 37.9. The van der Waals surface area contributed by atoms with Crippen LogP contribution in [0.25, 0.3) is 0 Å². The van der Waals surface area contributed by atoms with Gasteiger partial charge in [-0.3, -0.25) is 0 Å². The maximum Gasteiger partial charge on any atom is 0.365 e. The van der Waals surface area contributed by atoms with Crippen molar-refractivity contribution in [1.29, 1.82) is 0 Å². The van der Waals surface area contributed by atoms with Crippen LogP contribution >= 0.6 is 24.0 Å². The van der Waals surface area contributed by atoms with Crippen molar-refractivity contribution in [3.05, 3.63) is 144 Å². The number of oxime groups is 1. The SMILES string of the molecule is CCN(CC)C(=S)S[C@@H]1O[C@H](COC(=O)c2ccccc2)[C@@H](OC(=O)c2ccccc2)[C@H](OC(=O)c2ccccc2)/C1=N\OC(=O)c1ccccc1. The molecule has 268 valence electrons. The number of carbonyl (C=O) groups is 4. The molecule has 0 aliphatic carbocycles. The number of nitrogens with zero attached hydrogens (tertiary/aromatic N) is 2. The average molecular weight is 741 g/mol. The summed E-state index contributed by atoms with van der Waals surface area (Å²) in [6.45, 7) is 4.60. The standard InChI is InChI=1S/C39H36N2O9S2/c1-3-41(4-2)39(51)52-38-31(40-50-37(45)29-23-15-8-16-24-29)33(49-36(44)28-21-13-7-14-22-28)32(48-35(43)27-19-11-6-12-20-27)30(47-38)25-46-34(42)26-17-9-5-10-18-26/h5-24,30,32-33,38H,3-4,25H2,1-2H3/b40-31+/t30-,32-,33-,38+/m1/s1. The third-order valence-electron chi connectivity index (χ3n) is 7.85. The first-order valence-electron chi connectivity index (χ1n) is 16.5. The van der Waals surface area contributed by atoms with Gasteiger partial charge in [0.1, 0.15) is 22.7 Å². The van der Waals surface area contributed by atoms with Crippen LogP contribution in [0.2, 0.25) is 0 Å². The molecule has 4 aromatic carbocycles. The van der Waals surface area contributed by atoms with E-state index in [4.69, 9.17) is 36.0 Å². The number of rotatable bonds is 12. The first-order valence-corrected chi connectivity index (χ1v) is 17.8. The second-order valence-corrected chi connectivity index (χ2v) is 12.9. The molecule has 1 aliphatic rings. The summed E-state index contributed by atoms with van der Waals surface area (Å²) in [5.74, 6) is -3.02. The normalized spacial score (nSPS) is 18.8. The van der Waals surface area contributed by atoms with Crippen LogP contribution in [-0.2, 0) is 23.8 Å². The van der Waals surface area contributed by atoms with Crippen molar-refractivity contribution in [3.63, 3.8) is 0 Å². The maximum atomic E-state index is 13.7. The molecule has 1 saturated heterocycles. The highest BCUT2D eigenvalue weighted by Crippen LogP contribution is 2.33. The number of thiocarbonyl (C=S) groups is 1. The van der Waals surface area contributed by atoms with E-state index in [0.717, 1.165) is 11.8 Å². The van der Waals surface area contributed by atoms with Gasteiger partial charge in [-0.25, -0.2) is 19.2 Å². The lowest BCUT2D eigenvalue weighted by Gasteiger charge is -2.41. The number of ether oxygens (including phenoxy) is 4. The summed E-state index contributed by atoms with van der Waals surface area (Å²) in [5, 5.41) is 4.21. The van der Waals surface area contributed by atoms with Gasteiger partial charge in [-0.1, -0.05) is 102 Å². The molecule has 1 aliphatic heterocycles. The molecule has 1 heterocycles. The maximum absolute atomic E-state index is 13.7. The molecule has 0 radical (unpaired) electrons. The number of esters is 3. The van der Waals surface area contributed by atoms with E-state index in [2.05, 4.69) is 5.16 Å². The number of benzene rings is 4. The molecule has 0 N–H and O–H groups in total. The minimum absolute atomic E-state index is 0.107. The third kappa shape index (κ3) is 9.90. The first-order chi connectivity index (χ1) is 25.3. The highest BCUT2D eigenvalue weighted by molar-refractivity contribution is 8.23. The van der Waals surface area contributed by atoms with Gasteiger partial charge in [-0.05, 0) is 62.4 Å². The van der Waals surface area contributed by atoms with Crippen LogP contribution in [0.5, 0.6) is 0 Å². The molecule has 13 heteroatoms. The van der Waals surface area contributed by atoms with Gasteiger partial charge >= 0.3 is 23.9 Å². The van der Waals surface area contributed by atoms with Crippen molar-refractivity contribution < 1.29 is 43.0 Å². The molecule has 11 nitrogen and oxygen atoms in total. The van der Waals surface area contributed by atoms with E-state index < -0.39 is 54.2 Å². The largest absolute Gasteiger partial charge is 0.459 e. The molecule has 52 heavy (non-hydrogen) atoms. The Morgan fingerprint density at radius 1 is 0.673 bits per heavy atom. The van der Waals surface area contributed by atoms with E-state index >= 15 is 0 Å². The Labute approximate surface area is 310 Å². The Hall–Kier alpha value is -5.37. The average Bonchev–Trinajstić information content (AvgIpc) is 3.19. The summed E-state index contributed by atoms with van der Waals surface area (Å²) < 4.78 is 24.7. The lowest BCUT2D eigenvalue weighted by molar-refractivity contribution is -0.120. The second-order valence-electron chi connectivity index (χ2n) is 11.2. The molecular formula is C39H36N2O9S2. The van der Waals surface area contributed by atoms with Crippen molar-refractivity contribution in [3.8, 4) is 0 Å². The van der Waals surface area contributed by atoms with Crippen molar-refractivity contribution in [2.75, 3.05) is 19.7 Å². The fraction of sp³-hybridized carbons (Fsp3) is 0.231. The predicted molar refractivity (Wildman–Crippen MR) is 199 cm³/mol. The summed E-state index contributed by atoms with van der Waals surface area (Å²) in [4.78, 5) is 60.9. The van der Waals surface area contributed by atoms with Gasteiger partial charge in [-0.15, -0.1) is 0 Å². The van der Waals surface area contributed by atoms with Crippen molar-refractivity contribution >= 4 is 57.9 Å². The zero-order valence-electron chi connectivity index (χ0n) is 28.4. The molecule has 1 fully saturated rings. The minimum Gasteiger partial charge on any atom is -0.459 e. The molecule has 5 rings (SSSR count). The Kier molecular flexibility index (Phi) is 13.7. The zero-order chi connectivity index (χ0) is 36.9. The van der Waals surface area contributed by atoms with Crippen LogP contribution in [-0.4, -0.2) is 82.3 Å². The summed E-state index contributed by atoms with van der Waals surface area (Å²) in [6, 6.07) is 32.9. The van der Waals surface area contributed by atoms with Gasteiger partial charge in [-0.2, -0.15) is 0 Å². The molecule has 4 aromatic rings. The number of carbonyl (C=O) groups excluding carboxylic acids is 4. The molecule has 0 aromatic heterocycles.